The van der Waals surface area contributed by atoms with Gasteiger partial charge in [-0.3, -0.25) is 4.79 Å². The van der Waals surface area contributed by atoms with Crippen LogP contribution in [0.1, 0.15) is 20.3 Å². The van der Waals surface area contributed by atoms with Crippen LogP contribution in [0.4, 0.5) is 19.7 Å². The summed E-state index contributed by atoms with van der Waals surface area (Å²) in [4.78, 5) is 36.3. The van der Waals surface area contributed by atoms with E-state index in [2.05, 4.69) is 10.1 Å². The first-order valence-corrected chi connectivity index (χ1v) is 7.28. The Morgan fingerprint density at radius 2 is 2.04 bits per heavy atom. The van der Waals surface area contributed by atoms with Gasteiger partial charge in [-0.25, -0.2) is 18.9 Å². The fraction of sp³-hybridized carbons (Fsp3) is 0.267. The molecule has 9 heteroatoms. The van der Waals surface area contributed by atoms with Crippen molar-refractivity contribution in [1.29, 1.82) is 0 Å². The van der Waals surface area contributed by atoms with E-state index in [0.29, 0.717) is 16.9 Å². The van der Waals surface area contributed by atoms with Crippen LogP contribution >= 0.6 is 11.6 Å². The highest BCUT2D eigenvalue weighted by atomic mass is 35.5. The number of rotatable bonds is 3. The Morgan fingerprint density at radius 3 is 2.62 bits per heavy atom. The zero-order chi connectivity index (χ0) is 18.0. The third-order valence-corrected chi connectivity index (χ3v) is 3.71. The maximum Gasteiger partial charge on any atom is 0.513 e. The summed E-state index contributed by atoms with van der Waals surface area (Å²) in [6.45, 7) is 3.50. The summed E-state index contributed by atoms with van der Waals surface area (Å²) in [5, 5.41) is 2.19. The van der Waals surface area contributed by atoms with E-state index in [9.17, 15) is 18.8 Å². The van der Waals surface area contributed by atoms with Crippen LogP contribution in [0.15, 0.2) is 23.4 Å². The largest absolute Gasteiger partial charge is 0.513 e. The van der Waals surface area contributed by atoms with E-state index < -0.39 is 23.9 Å². The number of halogens is 2. The average Bonchev–Trinajstić information content (AvgIpc) is 2.84. The number of allylic oxidation sites excluding steroid dienone is 1. The predicted molar refractivity (Wildman–Crippen MR) is 83.5 cm³/mol. The fourth-order valence-electron chi connectivity index (χ4n) is 2.00. The molecule has 2 rings (SSSR count). The molecule has 0 radical (unpaired) electrons. The second-order valence-electron chi connectivity index (χ2n) is 4.87. The number of amides is 3. The average molecular weight is 357 g/mol. The van der Waals surface area contributed by atoms with Gasteiger partial charge < -0.3 is 14.8 Å². The summed E-state index contributed by atoms with van der Waals surface area (Å²) in [5.41, 5.74) is 0.350. The summed E-state index contributed by atoms with van der Waals surface area (Å²) in [5.74, 6) is -1.87. The molecule has 7 nitrogen and oxygen atoms in total. The molecule has 0 unspecified atom stereocenters. The van der Waals surface area contributed by atoms with Crippen molar-refractivity contribution in [3.8, 4) is 5.75 Å². The van der Waals surface area contributed by atoms with Crippen LogP contribution in [0, 0.1) is 5.82 Å². The van der Waals surface area contributed by atoms with Gasteiger partial charge in [-0.15, -0.1) is 0 Å². The predicted octanol–water partition coefficient (Wildman–Crippen LogP) is 3.36. The quantitative estimate of drug-likeness (QED) is 0.388. The minimum atomic E-state index is -1.07. The number of carbonyl (C=O) groups excluding carboxylic acids is 3. The molecule has 1 saturated heterocycles. The molecular formula is C15H14ClFN2O5. The number of benzene rings is 1. The number of imide groups is 1. The van der Waals surface area contributed by atoms with Crippen molar-refractivity contribution in [3.63, 3.8) is 0 Å². The van der Waals surface area contributed by atoms with E-state index >= 15 is 0 Å². The zero-order valence-electron chi connectivity index (χ0n) is 13.1. The van der Waals surface area contributed by atoms with Crippen molar-refractivity contribution in [2.24, 2.45) is 0 Å². The number of nitrogens with zero attached hydrogens (tertiary/aromatic N) is 1. The van der Waals surface area contributed by atoms with Crippen LogP contribution < -0.4 is 15.0 Å². The third kappa shape index (κ3) is 3.18. The first-order valence-electron chi connectivity index (χ1n) is 6.90. The molecular weight excluding hydrogens is 343 g/mol. The number of anilines is 1. The monoisotopic (exact) mass is 356 g/mol. The molecule has 1 heterocycles. The second kappa shape index (κ2) is 6.88. The first kappa shape index (κ1) is 17.7. The van der Waals surface area contributed by atoms with E-state index in [1.807, 2.05) is 6.92 Å². The van der Waals surface area contributed by atoms with E-state index in [0.717, 1.165) is 19.2 Å². The number of ether oxygens (including phenoxy) is 2. The minimum absolute atomic E-state index is 0.0901. The number of carbonyl (C=O) groups is 3. The standard InChI is InChI=1S/C15H14ClFN2O5/c1-4-7(2)12-13(20)19(14(21)18-12)10-6-11(24-15(22)23-3)8(16)5-9(10)17/h5-6H,4H2,1-3H3,(H,18,21). The van der Waals surface area contributed by atoms with Gasteiger partial charge in [-0.2, -0.15) is 0 Å². The molecule has 1 aliphatic rings. The van der Waals surface area contributed by atoms with E-state index in [-0.39, 0.29) is 22.2 Å². The van der Waals surface area contributed by atoms with E-state index in [1.54, 1.807) is 6.92 Å². The lowest BCUT2D eigenvalue weighted by Gasteiger charge is -2.15. The molecule has 0 aliphatic carbocycles. The molecule has 1 aliphatic heterocycles. The first-order chi connectivity index (χ1) is 11.3. The highest BCUT2D eigenvalue weighted by Crippen LogP contribution is 2.34. The zero-order valence-corrected chi connectivity index (χ0v) is 13.9. The minimum Gasteiger partial charge on any atom is -0.437 e. The Balaban J connectivity index is 2.48. The summed E-state index contributed by atoms with van der Waals surface area (Å²) in [6, 6.07) is 1.01. The molecule has 24 heavy (non-hydrogen) atoms. The Hall–Kier alpha value is -2.61. The topological polar surface area (TPSA) is 84.9 Å². The van der Waals surface area contributed by atoms with Gasteiger partial charge in [0.2, 0.25) is 0 Å². The van der Waals surface area contributed by atoms with Gasteiger partial charge in [0.15, 0.2) is 5.75 Å². The van der Waals surface area contributed by atoms with Crippen LogP contribution in [0.5, 0.6) is 5.75 Å². The lowest BCUT2D eigenvalue weighted by Crippen LogP contribution is -2.31. The number of urea groups is 1. The van der Waals surface area contributed by atoms with Gasteiger partial charge in [0.25, 0.3) is 5.91 Å². The molecule has 1 aromatic carbocycles. The molecule has 0 saturated carbocycles. The molecule has 0 aromatic heterocycles. The van der Waals surface area contributed by atoms with Gasteiger partial charge in [0.05, 0.1) is 17.8 Å². The lowest BCUT2D eigenvalue weighted by atomic mass is 10.1. The van der Waals surface area contributed by atoms with Gasteiger partial charge >= 0.3 is 12.2 Å². The molecule has 1 fully saturated rings. The van der Waals surface area contributed by atoms with Crippen molar-refractivity contribution < 1.29 is 28.2 Å². The van der Waals surface area contributed by atoms with Gasteiger partial charge in [0, 0.05) is 6.07 Å². The Bertz CT molecular complexity index is 762. The third-order valence-electron chi connectivity index (χ3n) is 3.41. The summed E-state index contributed by atoms with van der Waals surface area (Å²) < 4.78 is 23.3. The lowest BCUT2D eigenvalue weighted by molar-refractivity contribution is -0.114. The summed E-state index contributed by atoms with van der Waals surface area (Å²) in [7, 11) is 1.09. The van der Waals surface area contributed by atoms with E-state index in [1.165, 1.54) is 0 Å². The smallest absolute Gasteiger partial charge is 0.437 e. The van der Waals surface area contributed by atoms with Crippen molar-refractivity contribution in [2.45, 2.75) is 20.3 Å². The molecule has 1 aromatic rings. The number of hydrogen-bond donors (Lipinski definition) is 1. The molecule has 128 valence electrons. The van der Waals surface area contributed by atoms with Gasteiger partial charge in [0.1, 0.15) is 11.5 Å². The summed E-state index contributed by atoms with van der Waals surface area (Å²) >= 11 is 5.80. The Kier molecular flexibility index (Phi) is 5.08. The number of hydrogen-bond acceptors (Lipinski definition) is 5. The van der Waals surface area contributed by atoms with Crippen LogP contribution in [0.2, 0.25) is 5.02 Å². The number of nitrogens with one attached hydrogen (secondary N) is 1. The van der Waals surface area contributed by atoms with Crippen molar-refractivity contribution in [2.75, 3.05) is 12.0 Å². The van der Waals surface area contributed by atoms with Crippen LogP contribution in [-0.2, 0) is 9.53 Å². The second-order valence-corrected chi connectivity index (χ2v) is 5.28. The fourth-order valence-corrected chi connectivity index (χ4v) is 2.19. The SMILES string of the molecule is CCC(C)=C1NC(=O)N(c2cc(OC(=O)OC)c(Cl)cc2F)C1=O. The van der Waals surface area contributed by atoms with Gasteiger partial charge in [-0.1, -0.05) is 18.5 Å². The van der Waals surface area contributed by atoms with Crippen molar-refractivity contribution >= 4 is 35.4 Å². The molecule has 3 amide bonds. The van der Waals surface area contributed by atoms with Crippen LogP contribution in [0.25, 0.3) is 0 Å². The highest BCUT2D eigenvalue weighted by molar-refractivity contribution is 6.32. The maximum atomic E-state index is 14.2. The molecule has 0 bridgehead atoms. The Labute approximate surface area is 142 Å². The van der Waals surface area contributed by atoms with E-state index in [4.69, 9.17) is 16.3 Å². The van der Waals surface area contributed by atoms with Crippen LogP contribution in [-0.4, -0.2) is 25.2 Å². The van der Waals surface area contributed by atoms with Crippen molar-refractivity contribution in [3.05, 3.63) is 34.2 Å². The van der Waals surface area contributed by atoms with Crippen molar-refractivity contribution in [1.82, 2.24) is 5.32 Å². The molecule has 0 atom stereocenters. The maximum absolute atomic E-state index is 14.2. The molecule has 0 spiro atoms. The molecule has 1 N–H and O–H groups in total. The Morgan fingerprint density at radius 1 is 1.38 bits per heavy atom. The van der Waals surface area contributed by atoms with Crippen LogP contribution in [0.3, 0.4) is 0 Å². The summed E-state index contributed by atoms with van der Waals surface area (Å²) in [6.07, 6.45) is -0.538. The highest BCUT2D eigenvalue weighted by Gasteiger charge is 2.38. The normalized spacial score (nSPS) is 16.1. The van der Waals surface area contributed by atoms with Gasteiger partial charge in [-0.05, 0) is 25.0 Å². The number of methoxy groups -OCH3 is 1.